The molecule has 0 spiro atoms. The van der Waals surface area contributed by atoms with Crippen molar-refractivity contribution >= 4 is 0 Å². The van der Waals surface area contributed by atoms with Crippen LogP contribution >= 0.6 is 0 Å². The van der Waals surface area contributed by atoms with Crippen molar-refractivity contribution in [3.05, 3.63) is 23.8 Å². The molecule has 1 heteroatoms. The molecule has 0 radical (unpaired) electrons. The summed E-state index contributed by atoms with van der Waals surface area (Å²) in [6, 6.07) is 0. The first-order valence-corrected chi connectivity index (χ1v) is 4.72. The molecule has 1 aliphatic carbocycles. The number of rotatable bonds is 2. The van der Waals surface area contributed by atoms with E-state index in [0.29, 0.717) is 3.80 Å². The summed E-state index contributed by atoms with van der Waals surface area (Å²) in [5.74, 6) is 0. The van der Waals surface area contributed by atoms with Crippen molar-refractivity contribution in [2.24, 2.45) is 0 Å². The normalized spacial score (nSPS) is 17.8. The average molecular weight is 316 g/mol. The minimum atomic E-state index is 0.428. The van der Waals surface area contributed by atoms with Crippen molar-refractivity contribution in [2.45, 2.75) is 30.5 Å². The SMILES string of the molecule is C[C](C)([Pt])CC1=CC=CC1. The molecule has 0 nitrogen and oxygen atoms in total. The third-order valence-corrected chi connectivity index (χ3v) is 1.89. The zero-order chi connectivity index (χ0) is 7.61. The second-order valence-corrected chi connectivity index (χ2v) is 6.34. The van der Waals surface area contributed by atoms with Gasteiger partial charge in [0.15, 0.2) is 0 Å². The van der Waals surface area contributed by atoms with E-state index < -0.39 is 0 Å². The summed E-state index contributed by atoms with van der Waals surface area (Å²) < 4.78 is 0.428. The molecule has 0 saturated carbocycles. The van der Waals surface area contributed by atoms with Gasteiger partial charge < -0.3 is 0 Å². The zero-order valence-electron chi connectivity index (χ0n) is 6.46. The van der Waals surface area contributed by atoms with Gasteiger partial charge in [0, 0.05) is 0 Å². The molecule has 1 rings (SSSR count). The third-order valence-electron chi connectivity index (χ3n) is 1.48. The van der Waals surface area contributed by atoms with E-state index in [-0.39, 0.29) is 0 Å². The van der Waals surface area contributed by atoms with E-state index >= 15 is 0 Å². The topological polar surface area (TPSA) is 0 Å². The molecular formula is C9H13Pt. The van der Waals surface area contributed by atoms with Crippen LogP contribution in [0.1, 0.15) is 26.7 Å². The summed E-state index contributed by atoms with van der Waals surface area (Å²) in [6.07, 6.45) is 9.00. The van der Waals surface area contributed by atoms with Gasteiger partial charge in [-0.15, -0.1) is 0 Å². The van der Waals surface area contributed by atoms with Gasteiger partial charge in [0.05, 0.1) is 0 Å². The van der Waals surface area contributed by atoms with Gasteiger partial charge in [0.25, 0.3) is 0 Å². The molecule has 0 atom stereocenters. The summed E-state index contributed by atoms with van der Waals surface area (Å²) in [4.78, 5) is 0. The summed E-state index contributed by atoms with van der Waals surface area (Å²) in [7, 11) is 0. The van der Waals surface area contributed by atoms with Crippen LogP contribution in [-0.2, 0) is 19.8 Å². The molecule has 1 aliphatic rings. The van der Waals surface area contributed by atoms with Gasteiger partial charge in [0.2, 0.25) is 0 Å². The van der Waals surface area contributed by atoms with Crippen molar-refractivity contribution in [1.82, 2.24) is 0 Å². The Morgan fingerprint density at radius 1 is 1.60 bits per heavy atom. The predicted octanol–water partition coefficient (Wildman–Crippen LogP) is 3.01. The number of allylic oxidation sites excluding steroid dienone is 4. The van der Waals surface area contributed by atoms with Gasteiger partial charge in [-0.2, -0.15) is 0 Å². The summed E-state index contributed by atoms with van der Waals surface area (Å²) >= 11 is 2.48. The maximum atomic E-state index is 2.48. The van der Waals surface area contributed by atoms with Crippen molar-refractivity contribution < 1.29 is 19.8 Å². The maximum absolute atomic E-state index is 2.48. The van der Waals surface area contributed by atoms with Crippen LogP contribution in [0.25, 0.3) is 0 Å². The van der Waals surface area contributed by atoms with Gasteiger partial charge in [-0.25, -0.2) is 0 Å². The molecule has 0 heterocycles. The van der Waals surface area contributed by atoms with Gasteiger partial charge in [-0.1, -0.05) is 0 Å². The predicted molar refractivity (Wildman–Crippen MR) is 40.5 cm³/mol. The molecule has 0 amide bonds. The standard InChI is InChI=1S/C9H13.Pt/c1-8(2)7-9-5-3-4-6-9;/h3-5H,6-7H2,1-2H3;. The molecule has 0 aliphatic heterocycles. The fourth-order valence-corrected chi connectivity index (χ4v) is 1.66. The molecular weight excluding hydrogens is 303 g/mol. The molecule has 59 valence electrons. The Morgan fingerprint density at radius 3 is 2.70 bits per heavy atom. The van der Waals surface area contributed by atoms with Gasteiger partial charge in [-0.3, -0.25) is 0 Å². The van der Waals surface area contributed by atoms with E-state index in [9.17, 15) is 0 Å². The van der Waals surface area contributed by atoms with E-state index in [1.165, 1.54) is 12.8 Å². The molecule has 0 fully saturated rings. The fourth-order valence-electron chi connectivity index (χ4n) is 1.15. The van der Waals surface area contributed by atoms with Crippen LogP contribution in [0.3, 0.4) is 0 Å². The first-order valence-electron chi connectivity index (χ1n) is 3.58. The van der Waals surface area contributed by atoms with Crippen LogP contribution in [0.5, 0.6) is 0 Å². The Bertz CT molecular complexity index is 170. The molecule has 0 aromatic rings. The van der Waals surface area contributed by atoms with Crippen molar-refractivity contribution in [1.29, 1.82) is 0 Å². The van der Waals surface area contributed by atoms with Crippen LogP contribution in [-0.4, -0.2) is 0 Å². The zero-order valence-corrected chi connectivity index (χ0v) is 8.73. The van der Waals surface area contributed by atoms with E-state index in [2.05, 4.69) is 51.9 Å². The number of hydrogen-bond donors (Lipinski definition) is 0. The Hall–Kier alpha value is 0.168. The van der Waals surface area contributed by atoms with Gasteiger partial charge in [-0.05, 0) is 0 Å². The third kappa shape index (κ3) is 2.83. The van der Waals surface area contributed by atoms with Crippen LogP contribution in [0.4, 0.5) is 0 Å². The average Bonchev–Trinajstić information content (AvgIpc) is 2.12. The Kier molecular flexibility index (Phi) is 2.52. The quantitative estimate of drug-likeness (QED) is 0.735. The summed E-state index contributed by atoms with van der Waals surface area (Å²) in [5.41, 5.74) is 1.57. The van der Waals surface area contributed by atoms with Crippen LogP contribution in [0.15, 0.2) is 23.8 Å². The van der Waals surface area contributed by atoms with Gasteiger partial charge in [0.1, 0.15) is 0 Å². The van der Waals surface area contributed by atoms with E-state index in [4.69, 9.17) is 0 Å². The first kappa shape index (κ1) is 8.27. The Balaban J connectivity index is 2.41. The van der Waals surface area contributed by atoms with Crippen molar-refractivity contribution in [3.63, 3.8) is 0 Å². The molecule has 0 bridgehead atoms. The minimum absolute atomic E-state index is 0.428. The fraction of sp³-hybridized carbons (Fsp3) is 0.556. The molecule has 0 saturated heterocycles. The first-order chi connectivity index (χ1) is 4.58. The summed E-state index contributed by atoms with van der Waals surface area (Å²) in [6.45, 7) is 4.54. The Labute approximate surface area is 74.3 Å². The van der Waals surface area contributed by atoms with Crippen LogP contribution in [0.2, 0.25) is 3.80 Å². The van der Waals surface area contributed by atoms with Crippen molar-refractivity contribution in [2.75, 3.05) is 0 Å². The monoisotopic (exact) mass is 316 g/mol. The second kappa shape index (κ2) is 3.05. The molecule has 0 unspecified atom stereocenters. The Morgan fingerprint density at radius 2 is 2.30 bits per heavy atom. The van der Waals surface area contributed by atoms with Gasteiger partial charge >= 0.3 is 74.1 Å². The van der Waals surface area contributed by atoms with Crippen molar-refractivity contribution in [3.8, 4) is 0 Å². The number of hydrogen-bond acceptors (Lipinski definition) is 0. The molecule has 10 heavy (non-hydrogen) atoms. The second-order valence-electron chi connectivity index (χ2n) is 3.27. The summed E-state index contributed by atoms with van der Waals surface area (Å²) in [5, 5.41) is 0. The van der Waals surface area contributed by atoms with E-state index in [1.807, 2.05) is 0 Å². The van der Waals surface area contributed by atoms with E-state index in [0.717, 1.165) is 0 Å². The molecule has 0 N–H and O–H groups in total. The molecule has 0 aromatic heterocycles. The van der Waals surface area contributed by atoms with Crippen LogP contribution in [0, 0.1) is 0 Å². The molecule has 0 aromatic carbocycles. The van der Waals surface area contributed by atoms with E-state index in [1.54, 1.807) is 5.57 Å². The van der Waals surface area contributed by atoms with Crippen LogP contribution < -0.4 is 0 Å².